The maximum Gasteiger partial charge on any atom is 0.277 e. The van der Waals surface area contributed by atoms with Crippen LogP contribution in [0.15, 0.2) is 0 Å². The van der Waals surface area contributed by atoms with Crippen molar-refractivity contribution >= 4 is 27.4 Å². The van der Waals surface area contributed by atoms with Crippen LogP contribution >= 0.6 is 12.2 Å². The second-order valence-electron chi connectivity index (χ2n) is 5.64. The molecule has 0 heterocycles. The highest BCUT2D eigenvalue weighted by molar-refractivity contribution is 7.87. The number of hydrogen-bond donors (Lipinski definition) is 3. The van der Waals surface area contributed by atoms with Gasteiger partial charge in [0.15, 0.2) is 0 Å². The zero-order valence-electron chi connectivity index (χ0n) is 11.7. The van der Waals surface area contributed by atoms with E-state index in [1.54, 1.807) is 0 Å². The van der Waals surface area contributed by atoms with Crippen LogP contribution in [0.1, 0.15) is 46.0 Å². The van der Waals surface area contributed by atoms with Crippen molar-refractivity contribution in [3.05, 3.63) is 0 Å². The first kappa shape index (κ1) is 16.8. The van der Waals surface area contributed by atoms with Gasteiger partial charge in [0, 0.05) is 6.54 Å². The summed E-state index contributed by atoms with van der Waals surface area (Å²) in [6.45, 7) is 4.31. The van der Waals surface area contributed by atoms with E-state index >= 15 is 0 Å². The van der Waals surface area contributed by atoms with Crippen molar-refractivity contribution in [2.45, 2.75) is 52.0 Å². The Labute approximate surface area is 121 Å². The van der Waals surface area contributed by atoms with E-state index in [2.05, 4.69) is 9.44 Å². The molecule has 19 heavy (non-hydrogen) atoms. The normalized spacial score (nSPS) is 19.5. The summed E-state index contributed by atoms with van der Waals surface area (Å²) in [5.41, 5.74) is 5.71. The summed E-state index contributed by atoms with van der Waals surface area (Å²) >= 11 is 5.02. The first-order chi connectivity index (χ1) is 8.82. The SMILES string of the molecule is CC(C)CNS(=O)(=O)NC(C(N)=S)C1CCCCC1. The van der Waals surface area contributed by atoms with E-state index < -0.39 is 16.3 Å². The fourth-order valence-corrected chi connectivity index (χ4v) is 3.96. The number of hydrogen-bond acceptors (Lipinski definition) is 3. The van der Waals surface area contributed by atoms with Gasteiger partial charge in [-0.25, -0.2) is 4.72 Å². The Hall–Kier alpha value is -0.240. The lowest BCUT2D eigenvalue weighted by Gasteiger charge is -2.30. The van der Waals surface area contributed by atoms with E-state index in [4.69, 9.17) is 18.0 Å². The van der Waals surface area contributed by atoms with Gasteiger partial charge in [0.25, 0.3) is 10.2 Å². The molecule has 0 aromatic rings. The van der Waals surface area contributed by atoms with Crippen LogP contribution in [0, 0.1) is 11.8 Å². The highest BCUT2D eigenvalue weighted by atomic mass is 32.2. The van der Waals surface area contributed by atoms with E-state index in [-0.39, 0.29) is 16.8 Å². The lowest BCUT2D eigenvalue weighted by atomic mass is 9.84. The third-order valence-corrected chi connectivity index (χ3v) is 4.76. The maximum atomic E-state index is 12.0. The van der Waals surface area contributed by atoms with Crippen LogP contribution in [-0.2, 0) is 10.2 Å². The zero-order chi connectivity index (χ0) is 14.5. The van der Waals surface area contributed by atoms with Gasteiger partial charge >= 0.3 is 0 Å². The standard InChI is InChI=1S/C12H25N3O2S2/c1-9(2)8-14-19(16,17)15-11(12(13)18)10-6-4-3-5-7-10/h9-11,14-15H,3-8H2,1-2H3,(H2,13,18). The Balaban J connectivity index is 2.64. The predicted molar refractivity (Wildman–Crippen MR) is 82.0 cm³/mol. The summed E-state index contributed by atoms with van der Waals surface area (Å²) in [5, 5.41) is 0. The van der Waals surface area contributed by atoms with Gasteiger partial charge in [-0.15, -0.1) is 0 Å². The third-order valence-electron chi connectivity index (χ3n) is 3.39. The van der Waals surface area contributed by atoms with Crippen LogP contribution < -0.4 is 15.2 Å². The average Bonchev–Trinajstić information content (AvgIpc) is 2.35. The van der Waals surface area contributed by atoms with Crippen LogP contribution in [0.25, 0.3) is 0 Å². The van der Waals surface area contributed by atoms with Crippen LogP contribution in [-0.4, -0.2) is 26.0 Å². The third kappa shape index (κ3) is 6.16. The molecule has 1 aliphatic rings. The van der Waals surface area contributed by atoms with Crippen molar-refractivity contribution in [2.24, 2.45) is 17.6 Å². The summed E-state index contributed by atoms with van der Waals surface area (Å²) in [6.07, 6.45) is 5.40. The lowest BCUT2D eigenvalue weighted by molar-refractivity contribution is 0.330. The first-order valence-corrected chi connectivity index (χ1v) is 8.77. The van der Waals surface area contributed by atoms with Gasteiger partial charge in [-0.05, 0) is 24.7 Å². The molecule has 0 amide bonds. The molecule has 112 valence electrons. The van der Waals surface area contributed by atoms with Gasteiger partial charge in [0.05, 0.1) is 11.0 Å². The molecule has 7 heteroatoms. The maximum absolute atomic E-state index is 12.0. The molecule has 0 aromatic carbocycles. The van der Waals surface area contributed by atoms with Crippen LogP contribution in [0.2, 0.25) is 0 Å². The molecule has 1 saturated carbocycles. The average molecular weight is 307 g/mol. The van der Waals surface area contributed by atoms with Gasteiger partial charge in [-0.2, -0.15) is 13.1 Å². The number of rotatable bonds is 7. The molecule has 0 bridgehead atoms. The molecule has 1 fully saturated rings. The zero-order valence-corrected chi connectivity index (χ0v) is 13.3. The molecule has 1 unspecified atom stereocenters. The Morgan fingerprint density at radius 1 is 1.32 bits per heavy atom. The second kappa shape index (κ2) is 7.52. The molecular formula is C12H25N3O2S2. The summed E-state index contributed by atoms with van der Waals surface area (Å²) in [7, 11) is -3.54. The van der Waals surface area contributed by atoms with Crippen LogP contribution in [0.5, 0.6) is 0 Å². The largest absolute Gasteiger partial charge is 0.392 e. The van der Waals surface area contributed by atoms with Gasteiger partial charge in [0.2, 0.25) is 0 Å². The number of nitrogens with two attached hydrogens (primary N) is 1. The van der Waals surface area contributed by atoms with Crippen molar-refractivity contribution < 1.29 is 8.42 Å². The fraction of sp³-hybridized carbons (Fsp3) is 0.917. The van der Waals surface area contributed by atoms with Gasteiger partial charge in [0.1, 0.15) is 0 Å². The van der Waals surface area contributed by atoms with E-state index in [0.717, 1.165) is 25.7 Å². The van der Waals surface area contributed by atoms with E-state index in [9.17, 15) is 8.42 Å². The Kier molecular flexibility index (Phi) is 6.65. The minimum absolute atomic E-state index is 0.224. The molecule has 0 radical (unpaired) electrons. The molecule has 0 spiro atoms. The van der Waals surface area contributed by atoms with E-state index in [1.807, 2.05) is 13.8 Å². The van der Waals surface area contributed by atoms with E-state index in [0.29, 0.717) is 6.54 Å². The highest BCUT2D eigenvalue weighted by Gasteiger charge is 2.29. The molecule has 0 aromatic heterocycles. The van der Waals surface area contributed by atoms with Crippen molar-refractivity contribution in [2.75, 3.05) is 6.54 Å². The molecule has 4 N–H and O–H groups in total. The molecule has 1 rings (SSSR count). The summed E-state index contributed by atoms with van der Waals surface area (Å²) in [6, 6.07) is -0.431. The van der Waals surface area contributed by atoms with E-state index in [1.165, 1.54) is 6.42 Å². The topological polar surface area (TPSA) is 84.2 Å². The van der Waals surface area contributed by atoms with Crippen LogP contribution in [0.3, 0.4) is 0 Å². The van der Waals surface area contributed by atoms with Crippen molar-refractivity contribution in [1.29, 1.82) is 0 Å². The van der Waals surface area contributed by atoms with Crippen molar-refractivity contribution in [1.82, 2.24) is 9.44 Å². The van der Waals surface area contributed by atoms with Gasteiger partial charge in [-0.3, -0.25) is 0 Å². The van der Waals surface area contributed by atoms with Crippen LogP contribution in [0.4, 0.5) is 0 Å². The predicted octanol–water partition coefficient (Wildman–Crippen LogP) is 1.30. The molecule has 1 atom stereocenters. The molecule has 0 aliphatic heterocycles. The second-order valence-corrected chi connectivity index (χ2v) is 7.64. The fourth-order valence-electron chi connectivity index (χ4n) is 2.34. The summed E-state index contributed by atoms with van der Waals surface area (Å²) in [5.74, 6) is 0.483. The van der Waals surface area contributed by atoms with Gasteiger partial charge in [-0.1, -0.05) is 45.3 Å². The lowest BCUT2D eigenvalue weighted by Crippen LogP contribution is -2.52. The first-order valence-electron chi connectivity index (χ1n) is 6.88. The monoisotopic (exact) mass is 307 g/mol. The van der Waals surface area contributed by atoms with Crippen molar-refractivity contribution in [3.8, 4) is 0 Å². The summed E-state index contributed by atoms with van der Waals surface area (Å²) < 4.78 is 29.1. The minimum Gasteiger partial charge on any atom is -0.392 e. The molecule has 0 saturated heterocycles. The van der Waals surface area contributed by atoms with Gasteiger partial charge < -0.3 is 5.73 Å². The Morgan fingerprint density at radius 3 is 2.37 bits per heavy atom. The smallest absolute Gasteiger partial charge is 0.277 e. The summed E-state index contributed by atoms with van der Waals surface area (Å²) in [4.78, 5) is 0.238. The highest BCUT2D eigenvalue weighted by Crippen LogP contribution is 2.26. The Morgan fingerprint density at radius 2 is 1.89 bits per heavy atom. The van der Waals surface area contributed by atoms with Crippen molar-refractivity contribution in [3.63, 3.8) is 0 Å². The Bertz CT molecular complexity index is 390. The number of thiocarbonyl (C=S) groups is 1. The molecular weight excluding hydrogens is 282 g/mol. The minimum atomic E-state index is -3.54. The number of nitrogens with one attached hydrogen (secondary N) is 2. The quantitative estimate of drug-likeness (QED) is 0.619. The molecule has 1 aliphatic carbocycles. The molecule has 5 nitrogen and oxygen atoms in total.